The lowest BCUT2D eigenvalue weighted by Crippen LogP contribution is -2.21. The highest BCUT2D eigenvalue weighted by Crippen LogP contribution is 2.03. The molecule has 0 aliphatic carbocycles. The van der Waals surface area contributed by atoms with Crippen LogP contribution in [-0.4, -0.2) is 46.6 Å². The lowest BCUT2D eigenvalue weighted by atomic mass is 10.3. The van der Waals surface area contributed by atoms with Crippen molar-refractivity contribution in [1.29, 1.82) is 0 Å². The van der Waals surface area contributed by atoms with Crippen molar-refractivity contribution >= 4 is 17.7 Å². The first-order valence-corrected chi connectivity index (χ1v) is 6.39. The Hall–Kier alpha value is -1.07. The molecule has 0 amide bonds. The second-order valence-electron chi connectivity index (χ2n) is 3.55. The second-order valence-corrected chi connectivity index (χ2v) is 4.54. The molecule has 0 unspecified atom stereocenters. The van der Waals surface area contributed by atoms with Gasteiger partial charge in [-0.15, -0.1) is 0 Å². The van der Waals surface area contributed by atoms with Gasteiger partial charge in [-0.3, -0.25) is 4.90 Å². The predicted octanol–water partition coefficient (Wildman–Crippen LogP) is 1.57. The smallest absolute Gasteiger partial charge is 0.354 e. The van der Waals surface area contributed by atoms with E-state index in [-0.39, 0.29) is 5.69 Å². The van der Waals surface area contributed by atoms with Crippen LogP contribution in [0.1, 0.15) is 16.2 Å². The zero-order valence-corrected chi connectivity index (χ0v) is 10.3. The molecule has 5 heteroatoms. The largest absolute Gasteiger partial charge is 0.477 e. The predicted molar refractivity (Wildman–Crippen MR) is 65.9 cm³/mol. The lowest BCUT2D eigenvalue weighted by Gasteiger charge is -2.15. The van der Waals surface area contributed by atoms with Gasteiger partial charge in [0.15, 0.2) is 0 Å². The first-order valence-electron chi connectivity index (χ1n) is 5.00. The fourth-order valence-corrected chi connectivity index (χ4v) is 1.78. The van der Waals surface area contributed by atoms with E-state index in [9.17, 15) is 4.79 Å². The van der Waals surface area contributed by atoms with Crippen LogP contribution in [-0.2, 0) is 6.54 Å². The van der Waals surface area contributed by atoms with E-state index < -0.39 is 5.97 Å². The van der Waals surface area contributed by atoms with Crippen LogP contribution < -0.4 is 0 Å². The van der Waals surface area contributed by atoms with Crippen LogP contribution >= 0.6 is 11.8 Å². The third-order valence-corrected chi connectivity index (χ3v) is 2.73. The van der Waals surface area contributed by atoms with Gasteiger partial charge in [0, 0.05) is 18.8 Å². The number of rotatable bonds is 6. The van der Waals surface area contributed by atoms with E-state index in [1.54, 1.807) is 17.8 Å². The summed E-state index contributed by atoms with van der Waals surface area (Å²) in [4.78, 5) is 16.9. The normalized spacial score (nSPS) is 10.7. The maximum Gasteiger partial charge on any atom is 0.354 e. The molecule has 0 atom stereocenters. The van der Waals surface area contributed by atoms with Gasteiger partial charge >= 0.3 is 5.97 Å². The zero-order chi connectivity index (χ0) is 12.0. The van der Waals surface area contributed by atoms with Gasteiger partial charge in [-0.05, 0) is 25.4 Å². The molecular weight excluding hydrogens is 224 g/mol. The van der Waals surface area contributed by atoms with Crippen molar-refractivity contribution in [1.82, 2.24) is 9.88 Å². The number of aromatic nitrogens is 1. The van der Waals surface area contributed by atoms with Crippen molar-refractivity contribution in [3.05, 3.63) is 29.6 Å². The highest BCUT2D eigenvalue weighted by atomic mass is 32.2. The number of carboxylic acid groups (broad SMARTS) is 1. The number of pyridine rings is 1. The number of thioether (sulfide) groups is 1. The minimum absolute atomic E-state index is 0.107. The standard InChI is InChI=1S/C11H16N2O2S/c1-13(6-7-16-2)8-9-4-3-5-10(12-9)11(14)15/h3-5H,6-8H2,1-2H3,(H,14,15). The zero-order valence-electron chi connectivity index (χ0n) is 9.51. The number of aromatic carboxylic acids is 1. The molecule has 0 spiro atoms. The Kier molecular flexibility index (Phi) is 5.28. The van der Waals surface area contributed by atoms with Gasteiger partial charge in [0.1, 0.15) is 5.69 Å². The number of nitrogens with zero attached hydrogens (tertiary/aromatic N) is 2. The molecule has 0 aliphatic heterocycles. The quantitative estimate of drug-likeness (QED) is 0.818. The average molecular weight is 240 g/mol. The molecule has 0 radical (unpaired) electrons. The van der Waals surface area contributed by atoms with Gasteiger partial charge in [0.2, 0.25) is 0 Å². The molecule has 88 valence electrons. The highest BCUT2D eigenvalue weighted by molar-refractivity contribution is 7.98. The molecule has 1 heterocycles. The molecule has 1 rings (SSSR count). The Morgan fingerprint density at radius 3 is 2.94 bits per heavy atom. The SMILES string of the molecule is CSCCN(C)Cc1cccc(C(=O)O)n1. The maximum absolute atomic E-state index is 10.7. The average Bonchev–Trinajstić information content (AvgIpc) is 2.26. The lowest BCUT2D eigenvalue weighted by molar-refractivity contribution is 0.0690. The molecule has 1 aromatic rings. The van der Waals surface area contributed by atoms with E-state index >= 15 is 0 Å². The van der Waals surface area contributed by atoms with Gasteiger partial charge in [-0.25, -0.2) is 9.78 Å². The number of hydrogen-bond acceptors (Lipinski definition) is 4. The first kappa shape index (κ1) is 13.0. The number of hydrogen-bond donors (Lipinski definition) is 1. The fraction of sp³-hybridized carbons (Fsp3) is 0.455. The van der Waals surface area contributed by atoms with Crippen LogP contribution in [0.25, 0.3) is 0 Å². The second kappa shape index (κ2) is 6.50. The van der Waals surface area contributed by atoms with Crippen molar-refractivity contribution in [3.8, 4) is 0 Å². The van der Waals surface area contributed by atoms with Crippen molar-refractivity contribution < 1.29 is 9.90 Å². The van der Waals surface area contributed by atoms with Crippen molar-refractivity contribution in [2.45, 2.75) is 6.54 Å². The molecule has 1 N–H and O–H groups in total. The molecule has 0 aromatic carbocycles. The van der Waals surface area contributed by atoms with Crippen LogP contribution in [0.3, 0.4) is 0 Å². The number of carboxylic acids is 1. The summed E-state index contributed by atoms with van der Waals surface area (Å²) in [5, 5.41) is 8.81. The van der Waals surface area contributed by atoms with Gasteiger partial charge in [0.05, 0.1) is 5.69 Å². The van der Waals surface area contributed by atoms with Gasteiger partial charge in [0.25, 0.3) is 0 Å². The first-order chi connectivity index (χ1) is 7.63. The van der Waals surface area contributed by atoms with Gasteiger partial charge < -0.3 is 5.11 Å². The molecule has 0 saturated heterocycles. The van der Waals surface area contributed by atoms with E-state index in [1.807, 2.05) is 13.1 Å². The topological polar surface area (TPSA) is 53.4 Å². The van der Waals surface area contributed by atoms with E-state index in [0.717, 1.165) is 18.0 Å². The Morgan fingerprint density at radius 1 is 1.56 bits per heavy atom. The van der Waals surface area contributed by atoms with E-state index in [0.29, 0.717) is 6.54 Å². The van der Waals surface area contributed by atoms with Crippen LogP contribution in [0.5, 0.6) is 0 Å². The molecular formula is C11H16N2O2S. The summed E-state index contributed by atoms with van der Waals surface area (Å²) in [5.41, 5.74) is 0.902. The minimum Gasteiger partial charge on any atom is -0.477 e. The van der Waals surface area contributed by atoms with Crippen molar-refractivity contribution in [2.24, 2.45) is 0 Å². The monoisotopic (exact) mass is 240 g/mol. The summed E-state index contributed by atoms with van der Waals surface area (Å²) in [5.74, 6) is 0.0865. The third-order valence-electron chi connectivity index (χ3n) is 2.13. The molecule has 1 aromatic heterocycles. The minimum atomic E-state index is -0.978. The van der Waals surface area contributed by atoms with Crippen LogP contribution in [0.4, 0.5) is 0 Å². The maximum atomic E-state index is 10.7. The molecule has 16 heavy (non-hydrogen) atoms. The summed E-state index contributed by atoms with van der Waals surface area (Å²) in [6.07, 6.45) is 2.07. The number of carbonyl (C=O) groups is 1. The van der Waals surface area contributed by atoms with E-state index in [1.165, 1.54) is 6.07 Å². The molecule has 0 bridgehead atoms. The third kappa shape index (κ3) is 4.20. The molecule has 0 saturated carbocycles. The van der Waals surface area contributed by atoms with E-state index in [2.05, 4.69) is 16.1 Å². The summed E-state index contributed by atoms with van der Waals surface area (Å²) >= 11 is 1.79. The summed E-state index contributed by atoms with van der Waals surface area (Å²) in [6, 6.07) is 5.09. The molecule has 4 nitrogen and oxygen atoms in total. The van der Waals surface area contributed by atoms with E-state index in [4.69, 9.17) is 5.11 Å². The summed E-state index contributed by atoms with van der Waals surface area (Å²) in [7, 11) is 2.01. The molecule has 0 aliphatic rings. The Morgan fingerprint density at radius 2 is 2.31 bits per heavy atom. The van der Waals surface area contributed by atoms with Crippen LogP contribution in [0, 0.1) is 0 Å². The fourth-order valence-electron chi connectivity index (χ4n) is 1.29. The highest BCUT2D eigenvalue weighted by Gasteiger charge is 2.06. The molecule has 0 fully saturated rings. The summed E-state index contributed by atoms with van der Waals surface area (Å²) < 4.78 is 0. The van der Waals surface area contributed by atoms with Gasteiger partial charge in [-0.1, -0.05) is 6.07 Å². The Bertz CT molecular complexity index is 358. The summed E-state index contributed by atoms with van der Waals surface area (Å²) in [6.45, 7) is 1.65. The van der Waals surface area contributed by atoms with Crippen molar-refractivity contribution in [2.75, 3.05) is 25.6 Å². The van der Waals surface area contributed by atoms with Crippen molar-refractivity contribution in [3.63, 3.8) is 0 Å². The Labute approximate surface area is 99.7 Å². The van der Waals surface area contributed by atoms with Crippen LogP contribution in [0.2, 0.25) is 0 Å². The Balaban J connectivity index is 2.59. The van der Waals surface area contributed by atoms with Gasteiger partial charge in [-0.2, -0.15) is 11.8 Å². The van der Waals surface area contributed by atoms with Crippen LogP contribution in [0.15, 0.2) is 18.2 Å².